The first kappa shape index (κ1) is 25.5. The van der Waals surface area contributed by atoms with Crippen LogP contribution in [-0.4, -0.2) is 38.8 Å². The lowest BCUT2D eigenvalue weighted by atomic mass is 9.93. The molecular formula is C25H33ClN2O4S. The Labute approximate surface area is 202 Å². The van der Waals surface area contributed by atoms with E-state index in [1.807, 2.05) is 19.9 Å². The summed E-state index contributed by atoms with van der Waals surface area (Å²) in [5, 5.41) is 3.13. The van der Waals surface area contributed by atoms with Crippen LogP contribution < -0.4 is 10.1 Å². The number of amides is 1. The average Bonchev–Trinajstić information content (AvgIpc) is 2.79. The van der Waals surface area contributed by atoms with E-state index in [-0.39, 0.29) is 33.3 Å². The van der Waals surface area contributed by atoms with Crippen molar-refractivity contribution < 1.29 is 17.9 Å². The largest absolute Gasteiger partial charge is 0.496 e. The highest BCUT2D eigenvalue weighted by Gasteiger charge is 2.29. The first-order valence-corrected chi connectivity index (χ1v) is 13.2. The zero-order valence-corrected chi connectivity index (χ0v) is 21.5. The molecule has 1 fully saturated rings. The SMILES string of the molecule is COc1cc(C)c(C(C)NC(=O)c2ccc(Cl)c(S(=O)(=O)N3CCCCC3)c2)cc1C(C)C. The van der Waals surface area contributed by atoms with Gasteiger partial charge in [-0.3, -0.25) is 4.79 Å². The molecule has 0 aliphatic carbocycles. The molecular weight excluding hydrogens is 460 g/mol. The van der Waals surface area contributed by atoms with Gasteiger partial charge in [-0.15, -0.1) is 0 Å². The fourth-order valence-corrected chi connectivity index (χ4v) is 6.27. The monoisotopic (exact) mass is 492 g/mol. The average molecular weight is 493 g/mol. The molecule has 2 aromatic carbocycles. The molecule has 0 radical (unpaired) electrons. The van der Waals surface area contributed by atoms with Crippen LogP contribution >= 0.6 is 11.6 Å². The van der Waals surface area contributed by atoms with Gasteiger partial charge in [-0.2, -0.15) is 4.31 Å². The third-order valence-electron chi connectivity index (χ3n) is 6.18. The number of nitrogens with zero attached hydrogens (tertiary/aromatic N) is 1. The number of sulfonamides is 1. The molecule has 1 heterocycles. The number of aryl methyl sites for hydroxylation is 1. The van der Waals surface area contributed by atoms with Crippen molar-refractivity contribution in [2.24, 2.45) is 0 Å². The van der Waals surface area contributed by atoms with Crippen LogP contribution in [0.3, 0.4) is 0 Å². The van der Waals surface area contributed by atoms with E-state index in [1.165, 1.54) is 16.4 Å². The standard InChI is InChI=1S/C25H33ClN2O4S/c1-16(2)20-15-21(17(3)13-23(20)32-5)18(4)27-25(29)19-9-10-22(26)24(14-19)33(30,31)28-11-7-6-8-12-28/h9-10,13-16,18H,6-8,11-12H2,1-5H3,(H,27,29). The quantitative estimate of drug-likeness (QED) is 0.557. The van der Waals surface area contributed by atoms with Crippen LogP contribution in [0.25, 0.3) is 0 Å². The summed E-state index contributed by atoms with van der Waals surface area (Å²) >= 11 is 6.25. The summed E-state index contributed by atoms with van der Waals surface area (Å²) in [6, 6.07) is 8.19. The van der Waals surface area contributed by atoms with Gasteiger partial charge in [0, 0.05) is 18.7 Å². The minimum absolute atomic E-state index is 0.0194. The number of methoxy groups -OCH3 is 1. The Morgan fingerprint density at radius 1 is 1.06 bits per heavy atom. The molecule has 6 nitrogen and oxygen atoms in total. The normalized spacial score (nSPS) is 16.0. The molecule has 0 spiro atoms. The van der Waals surface area contributed by atoms with Crippen molar-refractivity contribution in [1.82, 2.24) is 9.62 Å². The highest BCUT2D eigenvalue weighted by atomic mass is 35.5. The van der Waals surface area contributed by atoms with E-state index in [0.29, 0.717) is 13.1 Å². The van der Waals surface area contributed by atoms with Gasteiger partial charge in [0.15, 0.2) is 0 Å². The summed E-state index contributed by atoms with van der Waals surface area (Å²) < 4.78 is 33.2. The molecule has 1 aliphatic rings. The van der Waals surface area contributed by atoms with Gasteiger partial charge in [0.05, 0.1) is 18.2 Å². The van der Waals surface area contributed by atoms with Gasteiger partial charge < -0.3 is 10.1 Å². The highest BCUT2D eigenvalue weighted by molar-refractivity contribution is 7.89. The Kier molecular flexibility index (Phi) is 8.08. The van der Waals surface area contributed by atoms with Gasteiger partial charge in [-0.05, 0) is 79.6 Å². The van der Waals surface area contributed by atoms with Gasteiger partial charge >= 0.3 is 0 Å². The first-order chi connectivity index (χ1) is 15.6. The van der Waals surface area contributed by atoms with E-state index in [9.17, 15) is 13.2 Å². The van der Waals surface area contributed by atoms with Crippen LogP contribution in [0.1, 0.15) is 79.0 Å². The number of piperidine rings is 1. The van der Waals surface area contributed by atoms with Gasteiger partial charge in [0.1, 0.15) is 10.6 Å². The lowest BCUT2D eigenvalue weighted by molar-refractivity contribution is 0.0939. The summed E-state index contributed by atoms with van der Waals surface area (Å²) in [7, 11) is -2.10. The molecule has 1 amide bonds. The zero-order valence-electron chi connectivity index (χ0n) is 19.9. The molecule has 33 heavy (non-hydrogen) atoms. The van der Waals surface area contributed by atoms with Gasteiger partial charge in [0.2, 0.25) is 10.0 Å². The first-order valence-electron chi connectivity index (χ1n) is 11.3. The fraction of sp³-hybridized carbons (Fsp3) is 0.480. The topological polar surface area (TPSA) is 75.7 Å². The minimum Gasteiger partial charge on any atom is -0.496 e. The van der Waals surface area contributed by atoms with Crippen molar-refractivity contribution in [3.8, 4) is 5.75 Å². The molecule has 3 rings (SSSR count). The highest BCUT2D eigenvalue weighted by Crippen LogP contribution is 2.32. The second-order valence-electron chi connectivity index (χ2n) is 8.91. The fourth-order valence-electron chi connectivity index (χ4n) is 4.25. The molecule has 1 unspecified atom stereocenters. The number of carbonyl (C=O) groups excluding carboxylic acids is 1. The summed E-state index contributed by atoms with van der Waals surface area (Å²) in [6.07, 6.45) is 2.67. The molecule has 0 bridgehead atoms. The van der Waals surface area contributed by atoms with Crippen molar-refractivity contribution in [3.63, 3.8) is 0 Å². The molecule has 0 aromatic heterocycles. The summed E-state index contributed by atoms with van der Waals surface area (Å²) in [5.74, 6) is 0.742. The maximum atomic E-state index is 13.1. The number of hydrogen-bond donors (Lipinski definition) is 1. The van der Waals surface area contributed by atoms with Crippen molar-refractivity contribution >= 4 is 27.5 Å². The Morgan fingerprint density at radius 2 is 1.73 bits per heavy atom. The Hall–Kier alpha value is -2.09. The van der Waals surface area contributed by atoms with Crippen molar-refractivity contribution in [2.45, 2.75) is 63.8 Å². The summed E-state index contributed by atoms with van der Waals surface area (Å²) in [6.45, 7) is 9.03. The summed E-state index contributed by atoms with van der Waals surface area (Å²) in [5.41, 5.74) is 3.33. The predicted molar refractivity (Wildman–Crippen MR) is 132 cm³/mol. The number of halogens is 1. The van der Waals surface area contributed by atoms with Crippen LogP contribution in [0.5, 0.6) is 5.75 Å². The van der Waals surface area contributed by atoms with Crippen molar-refractivity contribution in [3.05, 3.63) is 57.6 Å². The summed E-state index contributed by atoms with van der Waals surface area (Å²) in [4.78, 5) is 13.0. The maximum Gasteiger partial charge on any atom is 0.251 e. The second kappa shape index (κ2) is 10.5. The molecule has 1 N–H and O–H groups in total. The Balaban J connectivity index is 1.87. The smallest absolute Gasteiger partial charge is 0.251 e. The molecule has 8 heteroatoms. The van der Waals surface area contributed by atoms with E-state index < -0.39 is 10.0 Å². The van der Waals surface area contributed by atoms with Gasteiger partial charge in [0.25, 0.3) is 5.91 Å². The van der Waals surface area contributed by atoms with Crippen LogP contribution in [0.2, 0.25) is 5.02 Å². The molecule has 1 saturated heterocycles. The van der Waals surface area contributed by atoms with E-state index in [0.717, 1.165) is 41.7 Å². The maximum absolute atomic E-state index is 13.1. The molecule has 2 aromatic rings. The van der Waals surface area contributed by atoms with Crippen LogP contribution in [0.15, 0.2) is 35.2 Å². The molecule has 1 atom stereocenters. The lowest BCUT2D eigenvalue weighted by Crippen LogP contribution is -2.36. The van der Waals surface area contributed by atoms with E-state index in [2.05, 4.69) is 25.2 Å². The van der Waals surface area contributed by atoms with Crippen LogP contribution in [0.4, 0.5) is 0 Å². The lowest BCUT2D eigenvalue weighted by Gasteiger charge is -2.26. The predicted octanol–water partition coefficient (Wildman–Crippen LogP) is 5.45. The third kappa shape index (κ3) is 5.53. The Morgan fingerprint density at radius 3 is 2.33 bits per heavy atom. The van der Waals surface area contributed by atoms with Crippen molar-refractivity contribution in [2.75, 3.05) is 20.2 Å². The third-order valence-corrected chi connectivity index (χ3v) is 8.56. The Bertz CT molecular complexity index is 1130. The molecule has 180 valence electrons. The van der Waals surface area contributed by atoms with E-state index >= 15 is 0 Å². The van der Waals surface area contributed by atoms with Gasteiger partial charge in [-0.1, -0.05) is 31.9 Å². The van der Waals surface area contributed by atoms with Crippen LogP contribution in [0, 0.1) is 6.92 Å². The van der Waals surface area contributed by atoms with Crippen molar-refractivity contribution in [1.29, 1.82) is 0 Å². The van der Waals surface area contributed by atoms with E-state index in [4.69, 9.17) is 16.3 Å². The van der Waals surface area contributed by atoms with Gasteiger partial charge in [-0.25, -0.2) is 8.42 Å². The number of benzene rings is 2. The number of hydrogen-bond acceptors (Lipinski definition) is 4. The number of rotatable bonds is 7. The molecule has 0 saturated carbocycles. The molecule has 1 aliphatic heterocycles. The second-order valence-corrected chi connectivity index (χ2v) is 11.2. The number of carbonyl (C=O) groups is 1. The zero-order chi connectivity index (χ0) is 24.3. The van der Waals surface area contributed by atoms with E-state index in [1.54, 1.807) is 13.2 Å². The minimum atomic E-state index is -3.75. The number of nitrogens with one attached hydrogen (secondary N) is 1. The number of ether oxygens (including phenoxy) is 1. The van der Waals surface area contributed by atoms with Crippen LogP contribution in [-0.2, 0) is 10.0 Å².